The lowest BCUT2D eigenvalue weighted by Gasteiger charge is -2.25. The first-order valence-electron chi connectivity index (χ1n) is 9.64. The maximum atomic E-state index is 13.1. The predicted molar refractivity (Wildman–Crippen MR) is 110 cm³/mol. The third kappa shape index (κ3) is 5.13. The molecular weight excluding hydrogens is 370 g/mol. The third-order valence-electron chi connectivity index (χ3n) is 4.63. The van der Waals surface area contributed by atoms with Gasteiger partial charge in [-0.2, -0.15) is 0 Å². The molecule has 0 aliphatic carbocycles. The van der Waals surface area contributed by atoms with Crippen molar-refractivity contribution >= 4 is 29.3 Å². The molecule has 0 saturated carbocycles. The van der Waals surface area contributed by atoms with E-state index in [1.807, 2.05) is 36.4 Å². The highest BCUT2D eigenvalue weighted by atomic mass is 16.5. The summed E-state index contributed by atoms with van der Waals surface area (Å²) in [5, 5.41) is 5.14. The van der Waals surface area contributed by atoms with Gasteiger partial charge < -0.3 is 20.3 Å². The summed E-state index contributed by atoms with van der Waals surface area (Å²) in [5.41, 5.74) is 1.97. The fourth-order valence-electron chi connectivity index (χ4n) is 3.03. The third-order valence-corrected chi connectivity index (χ3v) is 4.63. The van der Waals surface area contributed by atoms with Gasteiger partial charge in [0.2, 0.25) is 0 Å². The quantitative estimate of drug-likeness (QED) is 0.735. The number of alkyl carbamates (subject to hydrolysis) is 1. The molecule has 2 N–H and O–H groups in total. The molecule has 1 aliphatic heterocycles. The van der Waals surface area contributed by atoms with Gasteiger partial charge in [-0.15, -0.1) is 0 Å². The van der Waals surface area contributed by atoms with E-state index in [0.717, 1.165) is 12.0 Å². The molecular formula is C22H25N3O4. The maximum Gasteiger partial charge on any atom is 0.408 e. The standard InChI is InChI=1S/C22H25N3O4/c1-15(2)12-13-25-18-11-7-6-10-17(18)23-20(26)19(21(25)27)24-22(28)29-14-16-8-4-3-5-9-16/h3-11,15,19H,12-14H2,1-2H3,(H,23,26)(H,24,28). The van der Waals surface area contributed by atoms with Crippen molar-refractivity contribution in [3.63, 3.8) is 0 Å². The van der Waals surface area contributed by atoms with Crippen molar-refractivity contribution in [3.8, 4) is 0 Å². The van der Waals surface area contributed by atoms with E-state index >= 15 is 0 Å². The second kappa shape index (κ2) is 9.23. The highest BCUT2D eigenvalue weighted by Crippen LogP contribution is 2.29. The van der Waals surface area contributed by atoms with Gasteiger partial charge in [-0.25, -0.2) is 4.79 Å². The van der Waals surface area contributed by atoms with Crippen molar-refractivity contribution in [2.45, 2.75) is 32.9 Å². The second-order valence-electron chi connectivity index (χ2n) is 7.32. The Morgan fingerprint density at radius 3 is 2.52 bits per heavy atom. The molecule has 3 rings (SSSR count). The Morgan fingerprint density at radius 2 is 1.79 bits per heavy atom. The number of nitrogens with zero attached hydrogens (tertiary/aromatic N) is 1. The maximum absolute atomic E-state index is 13.1. The highest BCUT2D eigenvalue weighted by molar-refractivity contribution is 6.20. The number of nitrogens with one attached hydrogen (secondary N) is 2. The van der Waals surface area contributed by atoms with Crippen LogP contribution in [0.2, 0.25) is 0 Å². The van der Waals surface area contributed by atoms with Crippen molar-refractivity contribution in [3.05, 3.63) is 60.2 Å². The average Bonchev–Trinajstić information content (AvgIpc) is 2.80. The number of para-hydroxylation sites is 2. The lowest BCUT2D eigenvalue weighted by Crippen LogP contribution is -2.53. The van der Waals surface area contributed by atoms with Crippen LogP contribution in [0.4, 0.5) is 16.2 Å². The molecule has 0 bridgehead atoms. The summed E-state index contributed by atoms with van der Waals surface area (Å²) in [7, 11) is 0. The van der Waals surface area contributed by atoms with Gasteiger partial charge in [-0.3, -0.25) is 9.59 Å². The Morgan fingerprint density at radius 1 is 1.10 bits per heavy atom. The molecule has 7 nitrogen and oxygen atoms in total. The number of fused-ring (bicyclic) bond motifs is 1. The molecule has 2 aromatic rings. The van der Waals surface area contributed by atoms with Crippen molar-refractivity contribution in [1.29, 1.82) is 0 Å². The Bertz CT molecular complexity index is 883. The molecule has 29 heavy (non-hydrogen) atoms. The van der Waals surface area contributed by atoms with Gasteiger partial charge in [0, 0.05) is 6.54 Å². The fourth-order valence-corrected chi connectivity index (χ4v) is 3.03. The molecule has 0 spiro atoms. The molecule has 0 saturated heterocycles. The van der Waals surface area contributed by atoms with Crippen LogP contribution in [0, 0.1) is 5.92 Å². The lowest BCUT2D eigenvalue weighted by molar-refractivity contribution is -0.127. The van der Waals surface area contributed by atoms with E-state index in [0.29, 0.717) is 23.8 Å². The summed E-state index contributed by atoms with van der Waals surface area (Å²) in [6, 6.07) is 14.9. The largest absolute Gasteiger partial charge is 0.445 e. The fraction of sp³-hybridized carbons (Fsp3) is 0.318. The molecule has 1 heterocycles. The first-order valence-corrected chi connectivity index (χ1v) is 9.64. The van der Waals surface area contributed by atoms with Crippen LogP contribution in [0.25, 0.3) is 0 Å². The van der Waals surface area contributed by atoms with Crippen LogP contribution in [0.5, 0.6) is 0 Å². The number of hydrogen-bond acceptors (Lipinski definition) is 4. The molecule has 152 valence electrons. The first kappa shape index (κ1) is 20.4. The number of hydrogen-bond donors (Lipinski definition) is 2. The van der Waals surface area contributed by atoms with Crippen LogP contribution in [-0.2, 0) is 20.9 Å². The van der Waals surface area contributed by atoms with Crippen LogP contribution in [0.15, 0.2) is 54.6 Å². The van der Waals surface area contributed by atoms with Crippen molar-refractivity contribution in [1.82, 2.24) is 5.32 Å². The summed E-state index contributed by atoms with van der Waals surface area (Å²) in [6.07, 6.45) is -0.0588. The zero-order valence-corrected chi connectivity index (χ0v) is 16.6. The molecule has 1 atom stereocenters. The Kier molecular flexibility index (Phi) is 6.49. The van der Waals surface area contributed by atoms with Crippen molar-refractivity contribution in [2.75, 3.05) is 16.8 Å². The van der Waals surface area contributed by atoms with Crippen molar-refractivity contribution in [2.24, 2.45) is 5.92 Å². The van der Waals surface area contributed by atoms with Gasteiger partial charge in [0.1, 0.15) is 6.61 Å². The molecule has 0 radical (unpaired) electrons. The molecule has 0 aromatic heterocycles. The van der Waals surface area contributed by atoms with E-state index in [2.05, 4.69) is 24.5 Å². The number of amides is 3. The van der Waals surface area contributed by atoms with Crippen LogP contribution in [0.3, 0.4) is 0 Å². The van der Waals surface area contributed by atoms with E-state index < -0.39 is 23.9 Å². The number of carbonyl (C=O) groups is 3. The molecule has 2 aromatic carbocycles. The second-order valence-corrected chi connectivity index (χ2v) is 7.32. The van der Waals surface area contributed by atoms with Gasteiger partial charge >= 0.3 is 6.09 Å². The minimum Gasteiger partial charge on any atom is -0.445 e. The number of benzene rings is 2. The molecule has 7 heteroatoms. The average molecular weight is 395 g/mol. The van der Waals surface area contributed by atoms with Crippen LogP contribution < -0.4 is 15.5 Å². The van der Waals surface area contributed by atoms with E-state index in [-0.39, 0.29) is 6.61 Å². The summed E-state index contributed by atoms with van der Waals surface area (Å²) >= 11 is 0. The van der Waals surface area contributed by atoms with Gasteiger partial charge in [0.25, 0.3) is 11.8 Å². The Labute approximate surface area is 170 Å². The van der Waals surface area contributed by atoms with E-state index in [9.17, 15) is 14.4 Å². The summed E-state index contributed by atoms with van der Waals surface area (Å²) < 4.78 is 5.18. The SMILES string of the molecule is CC(C)CCN1C(=O)C(NC(=O)OCc2ccccc2)C(=O)Nc2ccccc21. The number of rotatable bonds is 6. The number of ether oxygens (including phenoxy) is 1. The normalized spacial score (nSPS) is 16.1. The zero-order valence-electron chi connectivity index (χ0n) is 16.6. The number of carbonyl (C=O) groups excluding carboxylic acids is 3. The van der Waals surface area contributed by atoms with Gasteiger partial charge in [0.05, 0.1) is 11.4 Å². The summed E-state index contributed by atoms with van der Waals surface area (Å²) in [4.78, 5) is 39.6. The van der Waals surface area contributed by atoms with Gasteiger partial charge in [-0.05, 0) is 30.0 Å². The van der Waals surface area contributed by atoms with E-state index in [1.165, 1.54) is 0 Å². The predicted octanol–water partition coefficient (Wildman–Crippen LogP) is 3.31. The van der Waals surface area contributed by atoms with E-state index in [4.69, 9.17) is 4.74 Å². The summed E-state index contributed by atoms with van der Waals surface area (Å²) in [5.74, 6) is -0.694. The van der Waals surface area contributed by atoms with Crippen LogP contribution >= 0.6 is 0 Å². The molecule has 0 fully saturated rings. The topological polar surface area (TPSA) is 87.7 Å². The summed E-state index contributed by atoms with van der Waals surface area (Å²) in [6.45, 7) is 4.62. The Hall–Kier alpha value is -3.35. The van der Waals surface area contributed by atoms with Crippen LogP contribution in [0.1, 0.15) is 25.8 Å². The number of anilines is 2. The minimum absolute atomic E-state index is 0.0481. The van der Waals surface area contributed by atoms with Crippen LogP contribution in [-0.4, -0.2) is 30.5 Å². The first-order chi connectivity index (χ1) is 14.0. The zero-order chi connectivity index (χ0) is 20.8. The molecule has 1 aliphatic rings. The molecule has 3 amide bonds. The highest BCUT2D eigenvalue weighted by Gasteiger charge is 2.37. The lowest BCUT2D eigenvalue weighted by atomic mass is 10.1. The van der Waals surface area contributed by atoms with E-state index in [1.54, 1.807) is 23.1 Å². The van der Waals surface area contributed by atoms with Gasteiger partial charge in [-0.1, -0.05) is 56.3 Å². The minimum atomic E-state index is -1.36. The molecule has 1 unspecified atom stereocenters. The Balaban J connectivity index is 1.75. The monoisotopic (exact) mass is 395 g/mol. The van der Waals surface area contributed by atoms with Gasteiger partial charge in [0.15, 0.2) is 6.04 Å². The smallest absolute Gasteiger partial charge is 0.408 e. The van der Waals surface area contributed by atoms with Crippen molar-refractivity contribution < 1.29 is 19.1 Å².